The fourth-order valence-corrected chi connectivity index (χ4v) is 8.51. The van der Waals surface area contributed by atoms with Gasteiger partial charge in [-0.3, -0.25) is 4.79 Å². The summed E-state index contributed by atoms with van der Waals surface area (Å²) in [6.45, 7) is 3.67. The molecule has 2 heterocycles. The molecule has 14 heteroatoms. The fourth-order valence-electron chi connectivity index (χ4n) is 8.51. The van der Waals surface area contributed by atoms with E-state index in [1.54, 1.807) is 0 Å². The van der Waals surface area contributed by atoms with E-state index >= 15 is 0 Å². The Balaban J connectivity index is 1.73. The van der Waals surface area contributed by atoms with Crippen LogP contribution in [0.15, 0.2) is 24.3 Å². The summed E-state index contributed by atoms with van der Waals surface area (Å²) in [6, 6.07) is 0. The smallest absolute Gasteiger partial charge is 0.306 e. The molecule has 2 saturated heterocycles. The van der Waals surface area contributed by atoms with Crippen molar-refractivity contribution < 1.29 is 69.0 Å². The number of ether oxygens (including phenoxy) is 6. The van der Waals surface area contributed by atoms with E-state index in [9.17, 15) is 40.5 Å². The summed E-state index contributed by atoms with van der Waals surface area (Å²) in [6.07, 6.45) is 28.1. The summed E-state index contributed by atoms with van der Waals surface area (Å²) in [5.74, 6) is -0.384. The lowest BCUT2D eigenvalue weighted by Gasteiger charge is -2.42. The summed E-state index contributed by atoms with van der Waals surface area (Å²) < 4.78 is 34.3. The van der Waals surface area contributed by atoms with Crippen LogP contribution in [0, 0.1) is 0 Å². The van der Waals surface area contributed by atoms with Gasteiger partial charge in [0.05, 0.1) is 26.4 Å². The van der Waals surface area contributed by atoms with Gasteiger partial charge < -0.3 is 64.2 Å². The number of rotatable bonds is 43. The van der Waals surface area contributed by atoms with Crippen LogP contribution in [0.1, 0.15) is 206 Å². The number of carbonyl (C=O) groups excluding carboxylic acids is 1. The first-order valence-corrected chi connectivity index (χ1v) is 26.9. The van der Waals surface area contributed by atoms with Gasteiger partial charge in [0.25, 0.3) is 0 Å². The van der Waals surface area contributed by atoms with E-state index in [0.717, 1.165) is 57.8 Å². The number of esters is 1. The lowest BCUT2D eigenvalue weighted by molar-refractivity contribution is -0.332. The highest BCUT2D eigenvalue weighted by Gasteiger charge is 2.47. The zero-order chi connectivity index (χ0) is 48.7. The number of unbranched alkanes of at least 4 members (excludes halogenated alkanes) is 25. The molecule has 14 nitrogen and oxygen atoms in total. The van der Waals surface area contributed by atoms with Crippen LogP contribution in [0.2, 0.25) is 0 Å². The molecule has 2 aliphatic rings. The van der Waals surface area contributed by atoms with Crippen molar-refractivity contribution in [2.45, 2.75) is 274 Å². The van der Waals surface area contributed by atoms with Crippen molar-refractivity contribution >= 4 is 5.97 Å². The molecule has 2 fully saturated rings. The van der Waals surface area contributed by atoms with Gasteiger partial charge in [-0.05, 0) is 64.2 Å². The third-order valence-corrected chi connectivity index (χ3v) is 12.9. The molecule has 0 aromatic carbocycles. The Bertz CT molecular complexity index is 1200. The van der Waals surface area contributed by atoms with Gasteiger partial charge in [-0.1, -0.05) is 160 Å². The molecule has 0 aromatic rings. The van der Waals surface area contributed by atoms with Crippen molar-refractivity contribution in [3.05, 3.63) is 24.3 Å². The first-order valence-electron chi connectivity index (χ1n) is 26.9. The number of allylic oxidation sites excluding steroid dienone is 4. The molecule has 11 atom stereocenters. The maximum Gasteiger partial charge on any atom is 0.306 e. The molecular weight excluding hydrogens is 861 g/mol. The Morgan fingerprint density at radius 3 is 1.37 bits per heavy atom. The molecule has 0 bridgehead atoms. The van der Waals surface area contributed by atoms with Crippen LogP contribution in [0.3, 0.4) is 0 Å². The summed E-state index contributed by atoms with van der Waals surface area (Å²) >= 11 is 0. The van der Waals surface area contributed by atoms with E-state index in [-0.39, 0.29) is 25.6 Å². The topological polar surface area (TPSA) is 214 Å². The summed E-state index contributed by atoms with van der Waals surface area (Å²) in [4.78, 5) is 13.0. The van der Waals surface area contributed by atoms with E-state index in [1.807, 2.05) is 0 Å². The summed E-state index contributed by atoms with van der Waals surface area (Å²) in [5, 5.41) is 72.1. The third kappa shape index (κ3) is 28.8. The minimum Gasteiger partial charge on any atom is -0.457 e. The van der Waals surface area contributed by atoms with Crippen LogP contribution in [0.25, 0.3) is 0 Å². The number of aliphatic hydroxyl groups excluding tert-OH is 7. The van der Waals surface area contributed by atoms with Crippen molar-refractivity contribution in [1.29, 1.82) is 0 Å². The Morgan fingerprint density at radius 2 is 0.881 bits per heavy atom. The maximum atomic E-state index is 13.0. The van der Waals surface area contributed by atoms with E-state index in [4.69, 9.17) is 28.4 Å². The first kappa shape index (κ1) is 61.6. The van der Waals surface area contributed by atoms with Gasteiger partial charge in [0.15, 0.2) is 12.6 Å². The molecule has 0 aromatic heterocycles. The number of hydrogen-bond acceptors (Lipinski definition) is 14. The minimum absolute atomic E-state index is 0.0599. The van der Waals surface area contributed by atoms with E-state index in [2.05, 4.69) is 38.2 Å². The van der Waals surface area contributed by atoms with Crippen molar-refractivity contribution in [3.63, 3.8) is 0 Å². The second-order valence-electron chi connectivity index (χ2n) is 19.0. The molecule has 0 spiro atoms. The highest BCUT2D eigenvalue weighted by Crippen LogP contribution is 2.26. The maximum absolute atomic E-state index is 13.0. The van der Waals surface area contributed by atoms with E-state index in [0.29, 0.717) is 13.0 Å². The van der Waals surface area contributed by atoms with Crippen LogP contribution < -0.4 is 0 Å². The van der Waals surface area contributed by atoms with Crippen LogP contribution in [0.5, 0.6) is 0 Å². The first-order chi connectivity index (χ1) is 32.6. The molecule has 2 aliphatic heterocycles. The zero-order valence-electron chi connectivity index (χ0n) is 41.9. The molecule has 0 aliphatic carbocycles. The highest BCUT2D eigenvalue weighted by atomic mass is 16.7. The SMILES string of the molecule is CCCCCC/C=C\CCCCCCCC(=O)OC(COCCCCCCCCCCCC/C=C\CCCCCCCC)COC1OC(COC2OC(CO)C(O)C(O)C2O)C(O)C(O)C1O. The van der Waals surface area contributed by atoms with Crippen molar-refractivity contribution in [2.75, 3.05) is 33.0 Å². The lowest BCUT2D eigenvalue weighted by atomic mass is 9.98. The molecule has 2 rings (SSSR count). The Labute approximate surface area is 405 Å². The average molecular weight is 959 g/mol. The van der Waals surface area contributed by atoms with Crippen LogP contribution >= 0.6 is 0 Å². The van der Waals surface area contributed by atoms with Gasteiger partial charge in [-0.2, -0.15) is 0 Å². The standard InChI is InChI=1S/C53H98O14/c1-3-5-7-9-11-13-15-17-18-19-20-21-22-23-25-27-29-31-33-35-37-62-39-42(65-45(55)36-34-32-30-28-26-24-16-14-12-10-8-6-4-2)40-63-52-51(61)49(59)47(57)44(67-52)41-64-53-50(60)48(58)46(56)43(38-54)66-53/h14,16-18,42-44,46-54,56-61H,3-13,15,19-41H2,1-2H3/b16-14-,18-17-. The Morgan fingerprint density at radius 1 is 0.478 bits per heavy atom. The molecule has 0 radical (unpaired) electrons. The monoisotopic (exact) mass is 959 g/mol. The number of aliphatic hydroxyl groups is 7. The van der Waals surface area contributed by atoms with Gasteiger partial charge in [0, 0.05) is 13.0 Å². The van der Waals surface area contributed by atoms with Crippen molar-refractivity contribution in [1.82, 2.24) is 0 Å². The second kappa shape index (κ2) is 41.1. The summed E-state index contributed by atoms with van der Waals surface area (Å²) in [7, 11) is 0. The molecule has 0 amide bonds. The van der Waals surface area contributed by atoms with Gasteiger partial charge >= 0.3 is 5.97 Å². The van der Waals surface area contributed by atoms with Crippen LogP contribution in [-0.2, 0) is 33.2 Å². The number of carbonyl (C=O) groups is 1. The highest BCUT2D eigenvalue weighted by molar-refractivity contribution is 5.69. The average Bonchev–Trinajstić information content (AvgIpc) is 3.32. The van der Waals surface area contributed by atoms with Gasteiger partial charge in [-0.25, -0.2) is 0 Å². The lowest BCUT2D eigenvalue weighted by Crippen LogP contribution is -2.61. The van der Waals surface area contributed by atoms with Crippen LogP contribution in [0.4, 0.5) is 0 Å². The number of hydrogen-bond donors (Lipinski definition) is 7. The second-order valence-corrected chi connectivity index (χ2v) is 19.0. The van der Waals surface area contributed by atoms with E-state index in [1.165, 1.54) is 122 Å². The molecule has 0 saturated carbocycles. The summed E-state index contributed by atoms with van der Waals surface area (Å²) in [5.41, 5.74) is 0. The normalized spacial score (nSPS) is 26.2. The molecule has 11 unspecified atom stereocenters. The molecule has 7 N–H and O–H groups in total. The van der Waals surface area contributed by atoms with Crippen molar-refractivity contribution in [3.8, 4) is 0 Å². The van der Waals surface area contributed by atoms with Gasteiger partial charge in [0.2, 0.25) is 0 Å². The van der Waals surface area contributed by atoms with Crippen LogP contribution in [-0.4, -0.2) is 142 Å². The minimum atomic E-state index is -1.71. The Kier molecular flexibility index (Phi) is 37.8. The Hall–Kier alpha value is -1.53. The largest absolute Gasteiger partial charge is 0.457 e. The predicted octanol–water partition coefficient (Wildman–Crippen LogP) is 8.41. The fraction of sp³-hybridized carbons (Fsp3) is 0.906. The van der Waals surface area contributed by atoms with E-state index < -0.39 is 80.7 Å². The molecule has 67 heavy (non-hydrogen) atoms. The molecular formula is C53H98O14. The van der Waals surface area contributed by atoms with Gasteiger partial charge in [0.1, 0.15) is 54.9 Å². The zero-order valence-corrected chi connectivity index (χ0v) is 41.9. The predicted molar refractivity (Wildman–Crippen MR) is 261 cm³/mol. The molecule has 394 valence electrons. The van der Waals surface area contributed by atoms with Crippen molar-refractivity contribution in [2.24, 2.45) is 0 Å². The quantitative estimate of drug-likeness (QED) is 0.0174. The third-order valence-electron chi connectivity index (χ3n) is 12.9. The van der Waals surface area contributed by atoms with Gasteiger partial charge in [-0.15, -0.1) is 0 Å².